The summed E-state index contributed by atoms with van der Waals surface area (Å²) in [7, 11) is 0. The van der Waals surface area contributed by atoms with Gasteiger partial charge in [-0.1, -0.05) is 18.2 Å². The highest BCUT2D eigenvalue weighted by molar-refractivity contribution is 6.07. The van der Waals surface area contributed by atoms with Crippen LogP contribution < -0.4 is 26.1 Å². The Morgan fingerprint density at radius 1 is 0.852 bits per heavy atom. The van der Waals surface area contributed by atoms with E-state index in [-0.39, 0.29) is 16.9 Å². The molecule has 0 radical (unpaired) electrons. The third kappa shape index (κ3) is 7.14. The molecule has 0 unspecified atom stereocenters. The fourth-order valence-corrected chi connectivity index (χ4v) is 7.74. The highest BCUT2D eigenvalue weighted by Gasteiger charge is 2.33. The van der Waals surface area contributed by atoms with Gasteiger partial charge in [-0.05, 0) is 50.6 Å². The Morgan fingerprint density at radius 2 is 1.59 bits per heavy atom. The largest absolute Gasteiger partial charge is 0.456 e. The molecule has 3 saturated heterocycles. The molecule has 3 fully saturated rings. The fraction of sp³-hybridized carbons (Fsp3) is 0.425. The number of para-hydroxylation sites is 1. The molecule has 14 heteroatoms. The van der Waals surface area contributed by atoms with E-state index in [0.717, 1.165) is 75.0 Å². The minimum Gasteiger partial charge on any atom is -0.456 e. The van der Waals surface area contributed by atoms with Crippen molar-refractivity contribution in [1.29, 1.82) is 0 Å². The third-order valence-corrected chi connectivity index (χ3v) is 10.5. The number of pyridine rings is 1. The summed E-state index contributed by atoms with van der Waals surface area (Å²) in [6.45, 7) is 9.55. The van der Waals surface area contributed by atoms with Crippen molar-refractivity contribution in [2.45, 2.75) is 25.7 Å². The van der Waals surface area contributed by atoms with Crippen molar-refractivity contribution >= 4 is 50.3 Å². The number of primary amides is 1. The zero-order valence-electron chi connectivity index (χ0n) is 30.2. The van der Waals surface area contributed by atoms with Crippen LogP contribution in [0.4, 0.5) is 10.1 Å². The Kier molecular flexibility index (Phi) is 10.5. The number of furan rings is 1. The Hall–Kier alpha value is -5.02. The average molecular weight is 741 g/mol. The van der Waals surface area contributed by atoms with Crippen LogP contribution in [-0.2, 0) is 14.3 Å². The standard InChI is InChI=1S/C30H24FN3O5.C10H21N3O2/c31-21-13-19-26-29(27(21)32-7-3-4-8-32)39-25-14-18-17-5-1-2-6-23(17)38-24(18)15-22(25)34(26)16-20(28(19)35)30(36)33-9-11-37-12-10-33;11-10(14)2-4-12-3-1-5-13-6-8-15-9-7-13/h1-2,5-6,13-16H,3-4,7-12H2;12H,1-9H2,(H2,11,14). The predicted octanol–water partition coefficient (Wildman–Crippen LogP) is 4.38. The molecule has 0 saturated carbocycles. The molecule has 2 amide bonds. The maximum absolute atomic E-state index is 15.8. The Labute approximate surface area is 311 Å². The second-order valence-corrected chi connectivity index (χ2v) is 14.1. The molecule has 9 rings (SSSR count). The maximum Gasteiger partial charge on any atom is 0.259 e. The van der Waals surface area contributed by atoms with Crippen molar-refractivity contribution in [1.82, 2.24) is 19.7 Å². The molecule has 4 aliphatic rings. The smallest absolute Gasteiger partial charge is 0.259 e. The minimum absolute atomic E-state index is 0.0128. The number of ether oxygens (including phenoxy) is 3. The van der Waals surface area contributed by atoms with Crippen LogP contribution in [0.1, 0.15) is 36.0 Å². The van der Waals surface area contributed by atoms with Gasteiger partial charge >= 0.3 is 0 Å². The molecule has 0 bridgehead atoms. The third-order valence-electron chi connectivity index (χ3n) is 10.5. The molecule has 6 heterocycles. The summed E-state index contributed by atoms with van der Waals surface area (Å²) in [5, 5.41) is 5.12. The van der Waals surface area contributed by atoms with E-state index in [1.807, 2.05) is 41.3 Å². The number of anilines is 1. The zero-order valence-corrected chi connectivity index (χ0v) is 30.2. The van der Waals surface area contributed by atoms with Gasteiger partial charge in [-0.3, -0.25) is 19.3 Å². The first-order valence-electron chi connectivity index (χ1n) is 18.8. The van der Waals surface area contributed by atoms with E-state index < -0.39 is 17.2 Å². The van der Waals surface area contributed by atoms with Crippen molar-refractivity contribution in [3.8, 4) is 17.2 Å². The van der Waals surface area contributed by atoms with Crippen molar-refractivity contribution in [2.24, 2.45) is 5.73 Å². The van der Waals surface area contributed by atoms with Crippen molar-refractivity contribution in [3.05, 3.63) is 70.3 Å². The number of fused-ring (bicyclic) bond motifs is 5. The zero-order chi connectivity index (χ0) is 37.2. The van der Waals surface area contributed by atoms with Crippen LogP contribution in [0.25, 0.3) is 38.5 Å². The molecule has 0 spiro atoms. The number of amides is 2. The quantitative estimate of drug-likeness (QED) is 0.205. The van der Waals surface area contributed by atoms with Crippen molar-refractivity contribution in [2.75, 3.05) is 90.2 Å². The van der Waals surface area contributed by atoms with E-state index in [1.54, 1.807) is 15.7 Å². The number of nitrogens with two attached hydrogens (primary N) is 1. The molecule has 0 aliphatic carbocycles. The van der Waals surface area contributed by atoms with Crippen LogP contribution in [-0.4, -0.2) is 112 Å². The van der Waals surface area contributed by atoms with E-state index in [0.29, 0.717) is 86.3 Å². The lowest BCUT2D eigenvalue weighted by Crippen LogP contribution is -2.42. The van der Waals surface area contributed by atoms with Crippen LogP contribution in [0.5, 0.6) is 11.5 Å². The summed E-state index contributed by atoms with van der Waals surface area (Å²) in [4.78, 5) is 43.7. The Morgan fingerprint density at radius 3 is 2.35 bits per heavy atom. The number of morpholine rings is 2. The molecular formula is C40H45FN6O7. The van der Waals surface area contributed by atoms with E-state index in [4.69, 9.17) is 24.4 Å². The van der Waals surface area contributed by atoms with E-state index in [9.17, 15) is 14.4 Å². The molecule has 3 N–H and O–H groups in total. The van der Waals surface area contributed by atoms with Gasteiger partial charge in [0.1, 0.15) is 27.9 Å². The predicted molar refractivity (Wildman–Crippen MR) is 204 cm³/mol. The number of hydrogen-bond donors (Lipinski definition) is 2. The number of hydrogen-bond acceptors (Lipinski definition) is 10. The lowest BCUT2D eigenvalue weighted by atomic mass is 10.0. The topological polar surface area (TPSA) is 145 Å². The van der Waals surface area contributed by atoms with Crippen LogP contribution in [0.2, 0.25) is 0 Å². The number of nitrogens with zero attached hydrogens (tertiary/aromatic N) is 4. The van der Waals surface area contributed by atoms with Crippen LogP contribution in [0.3, 0.4) is 0 Å². The minimum atomic E-state index is -0.530. The highest BCUT2D eigenvalue weighted by atomic mass is 19.1. The molecule has 4 aliphatic heterocycles. The molecule has 3 aromatic carbocycles. The Balaban J connectivity index is 0.000000234. The fourth-order valence-electron chi connectivity index (χ4n) is 7.74. The number of benzene rings is 3. The van der Waals surface area contributed by atoms with E-state index in [2.05, 4.69) is 10.2 Å². The molecule has 0 atom stereocenters. The van der Waals surface area contributed by atoms with Crippen LogP contribution >= 0.6 is 0 Å². The van der Waals surface area contributed by atoms with Crippen molar-refractivity contribution < 1.29 is 32.6 Å². The summed E-state index contributed by atoms with van der Waals surface area (Å²) >= 11 is 0. The Bertz CT molecular complexity index is 2250. The molecule has 54 heavy (non-hydrogen) atoms. The van der Waals surface area contributed by atoms with Gasteiger partial charge in [0, 0.05) is 75.3 Å². The normalized spacial score (nSPS) is 17.1. The highest BCUT2D eigenvalue weighted by Crippen LogP contribution is 2.49. The van der Waals surface area contributed by atoms with Crippen LogP contribution in [0.15, 0.2) is 57.9 Å². The molecule has 284 valence electrons. The lowest BCUT2D eigenvalue weighted by Gasteiger charge is -2.30. The number of nitrogens with one attached hydrogen (secondary N) is 1. The van der Waals surface area contributed by atoms with Crippen molar-refractivity contribution in [3.63, 3.8) is 0 Å². The van der Waals surface area contributed by atoms with Gasteiger partial charge in [-0.15, -0.1) is 0 Å². The van der Waals surface area contributed by atoms with Crippen LogP contribution in [0, 0.1) is 5.82 Å². The maximum atomic E-state index is 15.8. The lowest BCUT2D eigenvalue weighted by molar-refractivity contribution is -0.117. The van der Waals surface area contributed by atoms with E-state index in [1.165, 1.54) is 6.07 Å². The molecular weight excluding hydrogens is 695 g/mol. The molecule has 2 aromatic heterocycles. The monoisotopic (exact) mass is 740 g/mol. The number of rotatable bonds is 9. The SMILES string of the molecule is NC(=O)CCNCCCN1CCOCC1.O=C(c1cn2c3c(c(N4CCCC4)c(F)cc3c1=O)Oc1cc3c(cc1-2)oc1ccccc13)N1CCOCC1. The molecule has 5 aromatic rings. The van der Waals surface area contributed by atoms with Gasteiger partial charge in [0.2, 0.25) is 11.3 Å². The number of carbonyl (C=O) groups excluding carboxylic acids is 2. The first-order chi connectivity index (χ1) is 26.4. The number of carbonyl (C=O) groups is 2. The molecule has 13 nitrogen and oxygen atoms in total. The number of aromatic nitrogens is 1. The summed E-state index contributed by atoms with van der Waals surface area (Å²) in [5.41, 5.74) is 7.31. The summed E-state index contributed by atoms with van der Waals surface area (Å²) in [6.07, 6.45) is 5.02. The van der Waals surface area contributed by atoms with Gasteiger partial charge in [0.25, 0.3) is 5.91 Å². The van der Waals surface area contributed by atoms with Gasteiger partial charge in [0.05, 0.1) is 37.5 Å². The summed E-state index contributed by atoms with van der Waals surface area (Å²) in [5.74, 6) is -0.360. The van der Waals surface area contributed by atoms with E-state index >= 15 is 4.39 Å². The van der Waals surface area contributed by atoms with Gasteiger partial charge in [-0.25, -0.2) is 4.39 Å². The average Bonchev–Trinajstić information content (AvgIpc) is 3.85. The first-order valence-corrected chi connectivity index (χ1v) is 18.8. The van der Waals surface area contributed by atoms with Gasteiger partial charge in [-0.2, -0.15) is 0 Å². The first kappa shape index (κ1) is 36.0. The van der Waals surface area contributed by atoms with Gasteiger partial charge in [0.15, 0.2) is 17.3 Å². The summed E-state index contributed by atoms with van der Waals surface area (Å²) < 4.78 is 40.9. The number of halogens is 1. The second kappa shape index (κ2) is 15.8. The second-order valence-electron chi connectivity index (χ2n) is 14.1. The van der Waals surface area contributed by atoms with Gasteiger partial charge < -0.3 is 44.0 Å². The summed E-state index contributed by atoms with van der Waals surface area (Å²) in [6, 6.07) is 12.8.